The van der Waals surface area contributed by atoms with Gasteiger partial charge in [-0.2, -0.15) is 8.78 Å². The van der Waals surface area contributed by atoms with E-state index in [1.54, 1.807) is 0 Å². The van der Waals surface area contributed by atoms with Crippen LogP contribution in [-0.4, -0.2) is 23.8 Å². The third kappa shape index (κ3) is 4.50. The van der Waals surface area contributed by atoms with Crippen molar-refractivity contribution >= 4 is 12.6 Å². The molecular weight excluding hydrogens is 236 g/mol. The van der Waals surface area contributed by atoms with Crippen molar-refractivity contribution in [3.8, 4) is 5.75 Å². The van der Waals surface area contributed by atoms with Crippen LogP contribution in [0.2, 0.25) is 0 Å². The lowest BCUT2D eigenvalue weighted by Gasteiger charge is -2.06. The highest BCUT2D eigenvalue weighted by atomic mass is 19.3. The molecule has 7 heteroatoms. The van der Waals surface area contributed by atoms with Crippen LogP contribution in [0.1, 0.15) is 6.42 Å². The quantitative estimate of drug-likeness (QED) is 0.767. The molecule has 92 valence electrons. The Labute approximate surface area is 96.3 Å². The van der Waals surface area contributed by atoms with Crippen LogP contribution < -0.4 is 10.2 Å². The molecule has 0 unspecified atom stereocenters. The molecule has 0 bridgehead atoms. The lowest BCUT2D eigenvalue weighted by molar-refractivity contribution is 0.295. The molecule has 2 N–H and O–H groups in total. The molecule has 1 aromatic carbocycles. The Hall–Kier alpha value is -1.47. The molecule has 0 atom stereocenters. The summed E-state index contributed by atoms with van der Waals surface area (Å²) in [5, 5.41) is 17.7. The highest BCUT2D eigenvalue weighted by Crippen LogP contribution is 2.14. The fraction of sp³-hybridized carbons (Fsp3) is 0.200. The molecule has 1 aromatic rings. The van der Waals surface area contributed by atoms with Gasteiger partial charge in [-0.25, -0.2) is 4.39 Å². The second kappa shape index (κ2) is 6.31. The van der Waals surface area contributed by atoms with Crippen LogP contribution in [0.15, 0.2) is 36.2 Å². The first-order chi connectivity index (χ1) is 8.00. The van der Waals surface area contributed by atoms with Crippen LogP contribution in [-0.2, 0) is 0 Å². The minimum absolute atomic E-state index is 0.204. The van der Waals surface area contributed by atoms with Crippen LogP contribution in [0.4, 0.5) is 13.2 Å². The van der Waals surface area contributed by atoms with E-state index in [4.69, 9.17) is 14.8 Å². The summed E-state index contributed by atoms with van der Waals surface area (Å²) in [6.07, 6.45) is -2.89. The van der Waals surface area contributed by atoms with E-state index in [1.165, 1.54) is 24.3 Å². The zero-order chi connectivity index (χ0) is 12.8. The molecule has 0 heterocycles. The molecule has 0 aliphatic rings. The van der Waals surface area contributed by atoms with Gasteiger partial charge in [0, 0.05) is 6.42 Å². The van der Waals surface area contributed by atoms with Gasteiger partial charge in [0.1, 0.15) is 5.75 Å². The van der Waals surface area contributed by atoms with Crippen molar-refractivity contribution in [2.75, 3.05) is 6.61 Å². The molecule has 0 saturated carbocycles. The van der Waals surface area contributed by atoms with E-state index in [9.17, 15) is 13.2 Å². The molecule has 0 amide bonds. The van der Waals surface area contributed by atoms with Crippen molar-refractivity contribution < 1.29 is 28.0 Å². The van der Waals surface area contributed by atoms with Gasteiger partial charge in [0.05, 0.1) is 6.61 Å². The van der Waals surface area contributed by atoms with Crippen molar-refractivity contribution in [3.05, 3.63) is 36.2 Å². The molecular formula is C10H10BF3O3. The van der Waals surface area contributed by atoms with Crippen LogP contribution in [0.3, 0.4) is 0 Å². The Morgan fingerprint density at radius 1 is 1.24 bits per heavy atom. The maximum absolute atomic E-state index is 12.4. The number of ether oxygens (including phenoxy) is 1. The minimum Gasteiger partial charge on any atom is -0.493 e. The standard InChI is InChI=1S/C10H10BF3O3/c12-9(10(13)14)4-5-17-8-3-1-2-7(6-8)11(15)16/h1-3,6,15-16H,4-5H2. The number of halogens is 3. The van der Waals surface area contributed by atoms with Crippen LogP contribution >= 0.6 is 0 Å². The van der Waals surface area contributed by atoms with E-state index in [1.807, 2.05) is 0 Å². The molecule has 17 heavy (non-hydrogen) atoms. The predicted octanol–water partition coefficient (Wildman–Crippen LogP) is 1.21. The monoisotopic (exact) mass is 246 g/mol. The van der Waals surface area contributed by atoms with Crippen molar-refractivity contribution in [1.82, 2.24) is 0 Å². The zero-order valence-electron chi connectivity index (χ0n) is 8.74. The van der Waals surface area contributed by atoms with E-state index >= 15 is 0 Å². The van der Waals surface area contributed by atoms with Gasteiger partial charge in [-0.05, 0) is 17.6 Å². The third-order valence-corrected chi connectivity index (χ3v) is 1.95. The van der Waals surface area contributed by atoms with Gasteiger partial charge in [-0.15, -0.1) is 0 Å². The Kier molecular flexibility index (Phi) is 5.05. The topological polar surface area (TPSA) is 49.7 Å². The van der Waals surface area contributed by atoms with Gasteiger partial charge in [-0.1, -0.05) is 12.1 Å². The van der Waals surface area contributed by atoms with Crippen molar-refractivity contribution in [1.29, 1.82) is 0 Å². The van der Waals surface area contributed by atoms with Crippen molar-refractivity contribution in [3.63, 3.8) is 0 Å². The van der Waals surface area contributed by atoms with Gasteiger partial charge in [-0.3, -0.25) is 0 Å². The number of benzene rings is 1. The average Bonchev–Trinajstić information content (AvgIpc) is 2.29. The summed E-state index contributed by atoms with van der Waals surface area (Å²) in [5.74, 6) is -1.26. The summed E-state index contributed by atoms with van der Waals surface area (Å²) in [4.78, 5) is 0. The third-order valence-electron chi connectivity index (χ3n) is 1.95. The van der Waals surface area contributed by atoms with Gasteiger partial charge < -0.3 is 14.8 Å². The Bertz CT molecular complexity index is 406. The summed E-state index contributed by atoms with van der Waals surface area (Å²) in [6, 6.07) is 5.79. The average molecular weight is 246 g/mol. The largest absolute Gasteiger partial charge is 0.493 e. The summed E-state index contributed by atoms with van der Waals surface area (Å²) < 4.78 is 40.8. The van der Waals surface area contributed by atoms with Crippen LogP contribution in [0.25, 0.3) is 0 Å². The van der Waals surface area contributed by atoms with E-state index in [0.717, 1.165) is 0 Å². The Morgan fingerprint density at radius 3 is 2.53 bits per heavy atom. The predicted molar refractivity (Wildman–Crippen MR) is 56.7 cm³/mol. The van der Waals surface area contributed by atoms with Crippen LogP contribution in [0, 0.1) is 0 Å². The first-order valence-electron chi connectivity index (χ1n) is 4.79. The lowest BCUT2D eigenvalue weighted by atomic mass is 9.80. The summed E-state index contributed by atoms with van der Waals surface area (Å²) in [7, 11) is -1.64. The first-order valence-corrected chi connectivity index (χ1v) is 4.79. The zero-order valence-corrected chi connectivity index (χ0v) is 8.74. The lowest BCUT2D eigenvalue weighted by Crippen LogP contribution is -2.29. The van der Waals surface area contributed by atoms with Gasteiger partial charge in [0.2, 0.25) is 0 Å². The number of hydrogen-bond acceptors (Lipinski definition) is 3. The Morgan fingerprint density at radius 2 is 1.94 bits per heavy atom. The minimum atomic E-state index is -2.35. The molecule has 0 saturated heterocycles. The second-order valence-electron chi connectivity index (χ2n) is 3.21. The van der Waals surface area contributed by atoms with Gasteiger partial charge in [0.25, 0.3) is 0 Å². The molecule has 0 aliphatic carbocycles. The summed E-state index contributed by atoms with van der Waals surface area (Å²) >= 11 is 0. The first kappa shape index (κ1) is 13.6. The van der Waals surface area contributed by atoms with Crippen molar-refractivity contribution in [2.24, 2.45) is 0 Å². The smallest absolute Gasteiger partial charge is 0.488 e. The molecule has 0 aliphatic heterocycles. The fourth-order valence-corrected chi connectivity index (χ4v) is 1.12. The molecule has 0 aromatic heterocycles. The maximum Gasteiger partial charge on any atom is 0.488 e. The molecule has 1 rings (SSSR count). The summed E-state index contributed by atoms with van der Waals surface area (Å²) in [6.45, 7) is -0.256. The van der Waals surface area contributed by atoms with Crippen molar-refractivity contribution in [2.45, 2.75) is 6.42 Å². The molecule has 0 radical (unpaired) electrons. The highest BCUT2D eigenvalue weighted by Gasteiger charge is 2.11. The van der Waals surface area contributed by atoms with Gasteiger partial charge >= 0.3 is 13.2 Å². The maximum atomic E-state index is 12.4. The van der Waals surface area contributed by atoms with E-state index in [0.29, 0.717) is 0 Å². The van der Waals surface area contributed by atoms with Gasteiger partial charge in [0.15, 0.2) is 5.83 Å². The van der Waals surface area contributed by atoms with E-state index < -0.39 is 25.4 Å². The highest BCUT2D eigenvalue weighted by molar-refractivity contribution is 6.58. The number of hydrogen-bond donors (Lipinski definition) is 2. The van der Waals surface area contributed by atoms with Crippen LogP contribution in [0.5, 0.6) is 5.75 Å². The number of rotatable bonds is 5. The SMILES string of the molecule is OB(O)c1cccc(OCCC(F)=C(F)F)c1. The fourth-order valence-electron chi connectivity index (χ4n) is 1.12. The Balaban J connectivity index is 2.53. The normalized spacial score (nSPS) is 9.94. The molecule has 3 nitrogen and oxygen atoms in total. The summed E-state index contributed by atoms with van der Waals surface area (Å²) in [5.41, 5.74) is 0.204. The second-order valence-corrected chi connectivity index (χ2v) is 3.21. The molecule has 0 fully saturated rings. The molecule has 0 spiro atoms. The van der Waals surface area contributed by atoms with E-state index in [2.05, 4.69) is 0 Å². The van der Waals surface area contributed by atoms with E-state index in [-0.39, 0.29) is 17.8 Å².